The number of allylic oxidation sites excluding steroid dienone is 1. The first-order valence-electron chi connectivity index (χ1n) is 11.3. The number of rotatable bonds is 7. The van der Waals surface area contributed by atoms with Crippen molar-refractivity contribution in [2.75, 3.05) is 6.54 Å². The molecule has 1 atom stereocenters. The number of carbonyl (C=O) groups is 1. The summed E-state index contributed by atoms with van der Waals surface area (Å²) < 4.78 is 32.9. The van der Waals surface area contributed by atoms with Crippen LogP contribution in [0, 0.1) is 17.6 Å². The summed E-state index contributed by atoms with van der Waals surface area (Å²) in [4.78, 5) is 15.6. The van der Waals surface area contributed by atoms with Crippen molar-refractivity contribution < 1.29 is 18.3 Å². The van der Waals surface area contributed by atoms with Gasteiger partial charge in [-0.1, -0.05) is 36.4 Å². The van der Waals surface area contributed by atoms with Gasteiger partial charge in [0.15, 0.2) is 11.6 Å². The predicted octanol–water partition coefficient (Wildman–Crippen LogP) is 6.64. The zero-order valence-electron chi connectivity index (χ0n) is 18.3. The van der Waals surface area contributed by atoms with Crippen LogP contribution in [0.4, 0.5) is 8.78 Å². The molecule has 0 N–H and O–H groups in total. The molecule has 1 amide bonds. The van der Waals surface area contributed by atoms with Crippen LogP contribution in [-0.2, 0) is 12.8 Å². The lowest BCUT2D eigenvalue weighted by atomic mass is 9.92. The Balaban J connectivity index is 1.44. The second-order valence-corrected chi connectivity index (χ2v) is 8.76. The van der Waals surface area contributed by atoms with Crippen LogP contribution in [0.3, 0.4) is 0 Å². The second kappa shape index (κ2) is 8.81. The average molecular weight is 446 g/mol. The number of halogens is 2. The third kappa shape index (κ3) is 4.40. The molecule has 0 spiro atoms. The normalized spacial score (nSPS) is 16.3. The molecule has 0 saturated heterocycles. The molecule has 1 saturated carbocycles. The van der Waals surface area contributed by atoms with E-state index in [1.165, 1.54) is 11.6 Å². The summed E-state index contributed by atoms with van der Waals surface area (Å²) in [6, 6.07) is 16.9. The smallest absolute Gasteiger partial charge is 0.254 e. The van der Waals surface area contributed by atoms with E-state index in [-0.39, 0.29) is 17.7 Å². The standard InChI is InChI=1S/C28H25F2NO2/c1-2-4-18-5-3-6-21(15-18)27(20-7-8-20)31-14-13-19-9-11-23(17-24(19)28(31)32)33-26-12-10-22(29)16-25(26)30/h2-3,5-6,9-12,15-17,20,27H,1,4,7-8,13-14H2/t27-/m1/s1. The molecular formula is C28H25F2NO2. The van der Waals surface area contributed by atoms with Gasteiger partial charge in [0.25, 0.3) is 5.91 Å². The molecule has 3 nitrogen and oxygen atoms in total. The van der Waals surface area contributed by atoms with Crippen molar-refractivity contribution in [2.45, 2.75) is 31.7 Å². The summed E-state index contributed by atoms with van der Waals surface area (Å²) in [5, 5.41) is 0. The summed E-state index contributed by atoms with van der Waals surface area (Å²) in [5.74, 6) is -0.750. The Bertz CT molecular complexity index is 1220. The first kappa shape index (κ1) is 21.4. The third-order valence-corrected chi connectivity index (χ3v) is 6.39. The fourth-order valence-electron chi connectivity index (χ4n) is 4.67. The first-order chi connectivity index (χ1) is 16.0. The van der Waals surface area contributed by atoms with Gasteiger partial charge in [-0.05, 0) is 72.6 Å². The number of ether oxygens (including phenoxy) is 1. The fourth-order valence-corrected chi connectivity index (χ4v) is 4.67. The molecule has 33 heavy (non-hydrogen) atoms. The minimum atomic E-state index is -0.783. The van der Waals surface area contributed by atoms with Crippen LogP contribution in [0.5, 0.6) is 11.5 Å². The lowest BCUT2D eigenvalue weighted by molar-refractivity contribution is 0.0632. The SMILES string of the molecule is C=CCc1cccc([C@@H](C2CC2)N2CCc3ccc(Oc4ccc(F)cc4F)cc3C2=O)c1. The van der Waals surface area contributed by atoms with Gasteiger partial charge in [0.2, 0.25) is 0 Å². The molecule has 3 aromatic rings. The Kier molecular flexibility index (Phi) is 5.71. The van der Waals surface area contributed by atoms with Crippen molar-refractivity contribution in [3.8, 4) is 11.5 Å². The van der Waals surface area contributed by atoms with Crippen molar-refractivity contribution in [1.82, 2.24) is 4.90 Å². The zero-order chi connectivity index (χ0) is 22.9. The van der Waals surface area contributed by atoms with Gasteiger partial charge in [0, 0.05) is 18.2 Å². The van der Waals surface area contributed by atoms with Gasteiger partial charge < -0.3 is 9.64 Å². The summed E-state index contributed by atoms with van der Waals surface area (Å²) in [6.45, 7) is 4.49. The largest absolute Gasteiger partial charge is 0.454 e. The van der Waals surface area contributed by atoms with Gasteiger partial charge in [0.05, 0.1) is 6.04 Å². The average Bonchev–Trinajstić information content (AvgIpc) is 3.63. The van der Waals surface area contributed by atoms with Crippen molar-refractivity contribution in [1.29, 1.82) is 0 Å². The Hall–Kier alpha value is -3.47. The van der Waals surface area contributed by atoms with Crippen molar-refractivity contribution >= 4 is 5.91 Å². The van der Waals surface area contributed by atoms with E-state index in [0.29, 0.717) is 23.8 Å². The maximum Gasteiger partial charge on any atom is 0.254 e. The van der Waals surface area contributed by atoms with Gasteiger partial charge in [-0.15, -0.1) is 6.58 Å². The van der Waals surface area contributed by atoms with Crippen LogP contribution >= 0.6 is 0 Å². The molecule has 5 rings (SSSR count). The highest BCUT2D eigenvalue weighted by Gasteiger charge is 2.40. The molecular weight excluding hydrogens is 420 g/mol. The van der Waals surface area contributed by atoms with Crippen LogP contribution in [0.2, 0.25) is 0 Å². The monoisotopic (exact) mass is 445 g/mol. The summed E-state index contributed by atoms with van der Waals surface area (Å²) in [6.07, 6.45) is 5.66. The number of nitrogens with zero attached hydrogens (tertiary/aromatic N) is 1. The third-order valence-electron chi connectivity index (χ3n) is 6.39. The number of amides is 1. The Morgan fingerprint density at radius 3 is 2.70 bits per heavy atom. The number of fused-ring (bicyclic) bond motifs is 1. The predicted molar refractivity (Wildman–Crippen MR) is 123 cm³/mol. The summed E-state index contributed by atoms with van der Waals surface area (Å²) in [5.41, 5.74) is 3.89. The number of hydrogen-bond acceptors (Lipinski definition) is 2. The van der Waals surface area contributed by atoms with Gasteiger partial charge in [-0.25, -0.2) is 8.78 Å². The van der Waals surface area contributed by atoms with Gasteiger partial charge in [0.1, 0.15) is 11.6 Å². The Morgan fingerprint density at radius 1 is 1.09 bits per heavy atom. The van der Waals surface area contributed by atoms with E-state index in [9.17, 15) is 13.6 Å². The quantitative estimate of drug-likeness (QED) is 0.382. The van der Waals surface area contributed by atoms with E-state index >= 15 is 0 Å². The fraction of sp³-hybridized carbons (Fsp3) is 0.250. The number of hydrogen-bond donors (Lipinski definition) is 0. The van der Waals surface area contributed by atoms with Crippen LogP contribution in [-0.4, -0.2) is 17.4 Å². The molecule has 168 valence electrons. The first-order valence-corrected chi connectivity index (χ1v) is 11.3. The topological polar surface area (TPSA) is 29.5 Å². The van der Waals surface area contributed by atoms with Crippen LogP contribution in [0.15, 0.2) is 73.3 Å². The number of carbonyl (C=O) groups excluding carboxylic acids is 1. The maximum atomic E-state index is 14.0. The van der Waals surface area contributed by atoms with Crippen molar-refractivity contribution in [2.24, 2.45) is 5.92 Å². The summed E-state index contributed by atoms with van der Waals surface area (Å²) >= 11 is 0. The van der Waals surface area contributed by atoms with E-state index < -0.39 is 11.6 Å². The molecule has 0 aromatic heterocycles. The van der Waals surface area contributed by atoms with E-state index in [0.717, 1.165) is 48.9 Å². The van der Waals surface area contributed by atoms with Crippen LogP contribution in [0.1, 0.15) is 45.9 Å². The lowest BCUT2D eigenvalue weighted by Gasteiger charge is -2.36. The van der Waals surface area contributed by atoms with Gasteiger partial charge in [-0.3, -0.25) is 4.79 Å². The summed E-state index contributed by atoms with van der Waals surface area (Å²) in [7, 11) is 0. The van der Waals surface area contributed by atoms with Crippen molar-refractivity contribution in [3.63, 3.8) is 0 Å². The van der Waals surface area contributed by atoms with E-state index in [1.54, 1.807) is 12.1 Å². The highest BCUT2D eigenvalue weighted by Crippen LogP contribution is 2.46. The van der Waals surface area contributed by atoms with Crippen LogP contribution < -0.4 is 4.74 Å². The Labute approximate surface area is 192 Å². The van der Waals surface area contributed by atoms with Gasteiger partial charge >= 0.3 is 0 Å². The maximum absolute atomic E-state index is 14.0. The molecule has 5 heteroatoms. The lowest BCUT2D eigenvalue weighted by Crippen LogP contribution is -2.41. The molecule has 1 aliphatic carbocycles. The molecule has 1 aliphatic heterocycles. The van der Waals surface area contributed by atoms with E-state index in [4.69, 9.17) is 4.74 Å². The zero-order valence-corrected chi connectivity index (χ0v) is 18.3. The minimum absolute atomic E-state index is 0.0349. The minimum Gasteiger partial charge on any atom is -0.454 e. The molecule has 1 fully saturated rings. The molecule has 3 aromatic carbocycles. The van der Waals surface area contributed by atoms with E-state index in [2.05, 4.69) is 30.8 Å². The van der Waals surface area contributed by atoms with Gasteiger partial charge in [-0.2, -0.15) is 0 Å². The van der Waals surface area contributed by atoms with Crippen LogP contribution in [0.25, 0.3) is 0 Å². The molecule has 0 radical (unpaired) electrons. The highest BCUT2D eigenvalue weighted by molar-refractivity contribution is 5.97. The molecule has 0 bridgehead atoms. The molecule has 0 unspecified atom stereocenters. The van der Waals surface area contributed by atoms with Crippen molar-refractivity contribution in [3.05, 3.63) is 107 Å². The Morgan fingerprint density at radius 2 is 1.94 bits per heavy atom. The second-order valence-electron chi connectivity index (χ2n) is 8.76. The van der Waals surface area contributed by atoms with E-state index in [1.807, 2.05) is 17.0 Å². The number of benzene rings is 3. The molecule has 2 aliphatic rings. The highest BCUT2D eigenvalue weighted by atomic mass is 19.1. The molecule has 1 heterocycles.